The van der Waals surface area contributed by atoms with Crippen molar-refractivity contribution in [3.05, 3.63) is 29.8 Å². The lowest BCUT2D eigenvalue weighted by atomic mass is 10.2. The SMILES string of the molecule is CCn1cc(S(=O)(=O)NC[C@@H](C)Cn2nccc2C)c(C)n1. The number of sulfonamides is 1. The Labute approximate surface area is 131 Å². The summed E-state index contributed by atoms with van der Waals surface area (Å²) in [5.41, 5.74) is 1.58. The van der Waals surface area contributed by atoms with Gasteiger partial charge in [0.25, 0.3) is 0 Å². The van der Waals surface area contributed by atoms with Crippen LogP contribution in [0.4, 0.5) is 0 Å². The maximum atomic E-state index is 12.4. The molecule has 2 aromatic heterocycles. The Morgan fingerprint density at radius 3 is 2.64 bits per heavy atom. The highest BCUT2D eigenvalue weighted by Gasteiger charge is 2.20. The third-order valence-corrected chi connectivity index (χ3v) is 5.08. The van der Waals surface area contributed by atoms with Crippen molar-refractivity contribution in [2.75, 3.05) is 6.54 Å². The predicted octanol–water partition coefficient (Wildman–Crippen LogP) is 1.33. The highest BCUT2D eigenvalue weighted by Crippen LogP contribution is 2.13. The molecular formula is C14H23N5O2S. The second kappa shape index (κ2) is 6.62. The predicted molar refractivity (Wildman–Crippen MR) is 84.0 cm³/mol. The lowest BCUT2D eigenvalue weighted by Gasteiger charge is -2.14. The zero-order chi connectivity index (χ0) is 16.3. The van der Waals surface area contributed by atoms with Crippen LogP contribution in [0, 0.1) is 19.8 Å². The molecule has 0 aliphatic carbocycles. The Kier molecular flexibility index (Phi) is 5.02. The minimum atomic E-state index is -3.53. The van der Waals surface area contributed by atoms with E-state index in [-0.39, 0.29) is 10.8 Å². The van der Waals surface area contributed by atoms with E-state index in [0.29, 0.717) is 25.3 Å². The zero-order valence-corrected chi connectivity index (χ0v) is 14.3. The van der Waals surface area contributed by atoms with Crippen LogP contribution in [0.1, 0.15) is 25.2 Å². The first-order valence-corrected chi connectivity index (χ1v) is 8.84. The molecule has 8 heteroatoms. The maximum Gasteiger partial charge on any atom is 0.243 e. The first kappa shape index (κ1) is 16.7. The largest absolute Gasteiger partial charge is 0.271 e. The second-order valence-electron chi connectivity index (χ2n) is 5.55. The molecule has 0 amide bonds. The quantitative estimate of drug-likeness (QED) is 0.832. The standard InChI is InChI=1S/C14H23N5O2S/c1-5-18-10-14(13(4)17-18)22(20,21)16-8-11(2)9-19-12(3)6-7-15-19/h6-7,10-11,16H,5,8-9H2,1-4H3/t11-/m1/s1. The van der Waals surface area contributed by atoms with Gasteiger partial charge in [0, 0.05) is 37.7 Å². The van der Waals surface area contributed by atoms with Crippen LogP contribution in [0.2, 0.25) is 0 Å². The van der Waals surface area contributed by atoms with E-state index >= 15 is 0 Å². The van der Waals surface area contributed by atoms with Gasteiger partial charge in [-0.1, -0.05) is 6.92 Å². The molecule has 0 aliphatic rings. The van der Waals surface area contributed by atoms with Crippen LogP contribution in [0.3, 0.4) is 0 Å². The highest BCUT2D eigenvalue weighted by atomic mass is 32.2. The molecule has 122 valence electrons. The van der Waals surface area contributed by atoms with Crippen LogP contribution in [-0.2, 0) is 23.1 Å². The monoisotopic (exact) mass is 325 g/mol. The molecule has 0 bridgehead atoms. The average Bonchev–Trinajstić information content (AvgIpc) is 3.03. The summed E-state index contributed by atoms with van der Waals surface area (Å²) in [6.45, 7) is 9.28. The van der Waals surface area contributed by atoms with Crippen molar-refractivity contribution in [3.8, 4) is 0 Å². The molecule has 0 radical (unpaired) electrons. The molecule has 0 saturated heterocycles. The molecule has 0 unspecified atom stereocenters. The van der Waals surface area contributed by atoms with Gasteiger partial charge in [-0.3, -0.25) is 9.36 Å². The molecule has 0 saturated carbocycles. The van der Waals surface area contributed by atoms with Crippen LogP contribution >= 0.6 is 0 Å². The summed E-state index contributed by atoms with van der Waals surface area (Å²) >= 11 is 0. The molecule has 0 spiro atoms. The second-order valence-corrected chi connectivity index (χ2v) is 7.28. The minimum Gasteiger partial charge on any atom is -0.271 e. The van der Waals surface area contributed by atoms with Crippen LogP contribution < -0.4 is 4.72 Å². The van der Waals surface area contributed by atoms with E-state index in [1.54, 1.807) is 24.0 Å². The number of hydrogen-bond donors (Lipinski definition) is 1. The van der Waals surface area contributed by atoms with Crippen LogP contribution in [0.5, 0.6) is 0 Å². The van der Waals surface area contributed by atoms with Crippen LogP contribution in [0.25, 0.3) is 0 Å². The fraction of sp³-hybridized carbons (Fsp3) is 0.571. The van der Waals surface area contributed by atoms with Crippen molar-refractivity contribution in [2.45, 2.75) is 45.7 Å². The van der Waals surface area contributed by atoms with Crippen molar-refractivity contribution in [1.82, 2.24) is 24.3 Å². The zero-order valence-electron chi connectivity index (χ0n) is 13.4. The molecule has 22 heavy (non-hydrogen) atoms. The van der Waals surface area contributed by atoms with Crippen molar-refractivity contribution >= 4 is 10.0 Å². The summed E-state index contributed by atoms with van der Waals surface area (Å²) in [6, 6.07) is 1.93. The van der Waals surface area contributed by atoms with E-state index in [9.17, 15) is 8.42 Å². The molecule has 0 aromatic carbocycles. The van der Waals surface area contributed by atoms with Crippen LogP contribution in [-0.4, -0.2) is 34.5 Å². The van der Waals surface area contributed by atoms with Crippen molar-refractivity contribution < 1.29 is 8.42 Å². The summed E-state index contributed by atoms with van der Waals surface area (Å²) in [5, 5.41) is 8.39. The van der Waals surface area contributed by atoms with Gasteiger partial charge in [0.1, 0.15) is 4.90 Å². The number of aryl methyl sites for hydroxylation is 3. The molecule has 0 aliphatic heterocycles. The Balaban J connectivity index is 2.00. The summed E-state index contributed by atoms with van der Waals surface area (Å²) in [7, 11) is -3.53. The summed E-state index contributed by atoms with van der Waals surface area (Å²) < 4.78 is 30.9. The number of nitrogens with one attached hydrogen (secondary N) is 1. The molecule has 2 heterocycles. The lowest BCUT2D eigenvalue weighted by Crippen LogP contribution is -2.30. The van der Waals surface area contributed by atoms with E-state index in [1.165, 1.54) is 0 Å². The molecule has 1 atom stereocenters. The summed E-state index contributed by atoms with van der Waals surface area (Å²) in [5.74, 6) is 0.134. The van der Waals surface area contributed by atoms with Gasteiger partial charge in [-0.15, -0.1) is 0 Å². The lowest BCUT2D eigenvalue weighted by molar-refractivity contribution is 0.437. The van der Waals surface area contributed by atoms with Crippen LogP contribution in [0.15, 0.2) is 23.4 Å². The minimum absolute atomic E-state index is 0.134. The summed E-state index contributed by atoms with van der Waals surface area (Å²) in [4.78, 5) is 0.247. The third kappa shape index (κ3) is 3.75. The van der Waals surface area contributed by atoms with Gasteiger partial charge in [-0.2, -0.15) is 10.2 Å². The number of hydrogen-bond acceptors (Lipinski definition) is 4. The first-order chi connectivity index (χ1) is 10.3. The Morgan fingerprint density at radius 2 is 2.09 bits per heavy atom. The van der Waals surface area contributed by atoms with Crippen molar-refractivity contribution in [1.29, 1.82) is 0 Å². The number of aromatic nitrogens is 4. The average molecular weight is 325 g/mol. The van der Waals surface area contributed by atoms with Gasteiger partial charge >= 0.3 is 0 Å². The smallest absolute Gasteiger partial charge is 0.243 e. The molecule has 2 rings (SSSR count). The molecule has 0 fully saturated rings. The van der Waals surface area contributed by atoms with Gasteiger partial charge in [0.2, 0.25) is 10.0 Å². The van der Waals surface area contributed by atoms with E-state index in [2.05, 4.69) is 14.9 Å². The molecule has 2 aromatic rings. The normalized spacial score (nSPS) is 13.5. The van der Waals surface area contributed by atoms with Gasteiger partial charge in [0.15, 0.2) is 0 Å². The first-order valence-electron chi connectivity index (χ1n) is 7.35. The van der Waals surface area contributed by atoms with E-state index in [0.717, 1.165) is 5.69 Å². The van der Waals surface area contributed by atoms with Gasteiger partial charge in [0.05, 0.1) is 5.69 Å². The Morgan fingerprint density at radius 1 is 1.36 bits per heavy atom. The van der Waals surface area contributed by atoms with E-state index in [4.69, 9.17) is 0 Å². The van der Waals surface area contributed by atoms with Crippen molar-refractivity contribution in [3.63, 3.8) is 0 Å². The molecule has 1 N–H and O–H groups in total. The Bertz CT molecular complexity index is 732. The molecule has 7 nitrogen and oxygen atoms in total. The number of rotatable bonds is 7. The van der Waals surface area contributed by atoms with Crippen molar-refractivity contribution in [2.24, 2.45) is 5.92 Å². The molecular weight excluding hydrogens is 302 g/mol. The van der Waals surface area contributed by atoms with E-state index < -0.39 is 10.0 Å². The fourth-order valence-corrected chi connectivity index (χ4v) is 3.55. The number of nitrogens with zero attached hydrogens (tertiary/aromatic N) is 4. The topological polar surface area (TPSA) is 81.8 Å². The summed E-state index contributed by atoms with van der Waals surface area (Å²) in [6.07, 6.45) is 3.31. The third-order valence-electron chi connectivity index (χ3n) is 3.55. The maximum absolute atomic E-state index is 12.4. The van der Waals surface area contributed by atoms with E-state index in [1.807, 2.05) is 31.5 Å². The highest BCUT2D eigenvalue weighted by molar-refractivity contribution is 7.89. The fourth-order valence-electron chi connectivity index (χ4n) is 2.20. The Hall–Kier alpha value is -1.67. The van der Waals surface area contributed by atoms with Gasteiger partial charge in [-0.25, -0.2) is 13.1 Å². The van der Waals surface area contributed by atoms with Gasteiger partial charge in [-0.05, 0) is 32.8 Å². The van der Waals surface area contributed by atoms with Gasteiger partial charge < -0.3 is 0 Å².